The molecule has 0 saturated heterocycles. The van der Waals surface area contributed by atoms with Gasteiger partial charge in [-0.1, -0.05) is 73.7 Å². The highest BCUT2D eigenvalue weighted by molar-refractivity contribution is 6.51. The van der Waals surface area contributed by atoms with Crippen LogP contribution in [0.4, 0.5) is 22.9 Å². The number of amidine groups is 2. The van der Waals surface area contributed by atoms with Crippen molar-refractivity contribution in [3.63, 3.8) is 0 Å². The van der Waals surface area contributed by atoms with Crippen molar-refractivity contribution in [2.75, 3.05) is 10.2 Å². The Kier molecular flexibility index (Phi) is 5.81. The molecule has 5 aromatic rings. The van der Waals surface area contributed by atoms with Gasteiger partial charge in [0.05, 0.1) is 28.8 Å². The fourth-order valence-electron chi connectivity index (χ4n) is 5.66. The predicted molar refractivity (Wildman–Crippen MR) is 164 cm³/mol. The molecular weight excluding hydrogens is 492 g/mol. The molecule has 0 radical (unpaired) electrons. The van der Waals surface area contributed by atoms with E-state index in [0.29, 0.717) is 5.84 Å². The van der Waals surface area contributed by atoms with Gasteiger partial charge in [0.2, 0.25) is 0 Å². The fourth-order valence-corrected chi connectivity index (χ4v) is 5.66. The molecule has 0 spiro atoms. The van der Waals surface area contributed by atoms with Crippen LogP contribution in [0.3, 0.4) is 0 Å². The number of para-hydroxylation sites is 3. The summed E-state index contributed by atoms with van der Waals surface area (Å²) in [5.74, 6) is 2.32. The van der Waals surface area contributed by atoms with E-state index in [1.807, 2.05) is 28.9 Å². The SMILES string of the molecule is CCc1ccc(C2c3c(C)nn(-c4ccccc4)c3N=C3C(Nc4cccc(C)c4)=Nc4ccccc4N32)cc1. The summed E-state index contributed by atoms with van der Waals surface area (Å²) in [6.07, 6.45) is 0.998. The van der Waals surface area contributed by atoms with Crippen LogP contribution in [0, 0.1) is 13.8 Å². The van der Waals surface area contributed by atoms with Crippen molar-refractivity contribution in [2.45, 2.75) is 33.2 Å². The molecule has 196 valence electrons. The highest BCUT2D eigenvalue weighted by atomic mass is 15.4. The lowest BCUT2D eigenvalue weighted by Gasteiger charge is -2.40. The molecule has 3 heterocycles. The largest absolute Gasteiger partial charge is 0.337 e. The van der Waals surface area contributed by atoms with Crippen LogP contribution in [-0.2, 0) is 6.42 Å². The molecule has 1 atom stereocenters. The second-order valence-corrected chi connectivity index (χ2v) is 10.3. The number of anilines is 2. The van der Waals surface area contributed by atoms with Crippen molar-refractivity contribution < 1.29 is 0 Å². The van der Waals surface area contributed by atoms with Crippen LogP contribution in [0.5, 0.6) is 0 Å². The lowest BCUT2D eigenvalue weighted by molar-refractivity contribution is 0.814. The van der Waals surface area contributed by atoms with E-state index in [1.165, 1.54) is 16.7 Å². The second kappa shape index (κ2) is 9.65. The van der Waals surface area contributed by atoms with E-state index in [0.717, 1.165) is 52.1 Å². The normalized spacial score (nSPS) is 15.5. The number of aryl methyl sites for hydroxylation is 3. The maximum absolute atomic E-state index is 5.32. The highest BCUT2D eigenvalue weighted by Crippen LogP contribution is 2.48. The molecule has 6 heteroatoms. The first-order valence-corrected chi connectivity index (χ1v) is 13.7. The minimum absolute atomic E-state index is 0.128. The van der Waals surface area contributed by atoms with E-state index in [-0.39, 0.29) is 6.04 Å². The molecule has 0 fully saturated rings. The number of hydrogen-bond donors (Lipinski definition) is 1. The van der Waals surface area contributed by atoms with Crippen LogP contribution < -0.4 is 10.2 Å². The molecule has 1 aromatic heterocycles. The summed E-state index contributed by atoms with van der Waals surface area (Å²) in [5, 5.41) is 8.63. The average molecular weight is 523 g/mol. The number of aromatic nitrogens is 2. The summed E-state index contributed by atoms with van der Waals surface area (Å²) in [7, 11) is 0. The Morgan fingerprint density at radius 2 is 1.57 bits per heavy atom. The minimum atomic E-state index is -0.128. The lowest BCUT2D eigenvalue weighted by Crippen LogP contribution is -2.46. The number of benzene rings is 4. The molecule has 40 heavy (non-hydrogen) atoms. The van der Waals surface area contributed by atoms with E-state index < -0.39 is 0 Å². The minimum Gasteiger partial charge on any atom is -0.337 e. The third-order valence-corrected chi connectivity index (χ3v) is 7.62. The lowest BCUT2D eigenvalue weighted by atomic mass is 9.92. The Bertz CT molecular complexity index is 1780. The van der Waals surface area contributed by atoms with Gasteiger partial charge >= 0.3 is 0 Å². The van der Waals surface area contributed by atoms with E-state index in [4.69, 9.17) is 15.1 Å². The summed E-state index contributed by atoms with van der Waals surface area (Å²) >= 11 is 0. The smallest absolute Gasteiger partial charge is 0.179 e. The molecule has 2 aliphatic heterocycles. The van der Waals surface area contributed by atoms with Crippen LogP contribution in [0.15, 0.2) is 113 Å². The van der Waals surface area contributed by atoms with Crippen LogP contribution in [0.1, 0.15) is 40.9 Å². The van der Waals surface area contributed by atoms with Crippen molar-refractivity contribution in [3.05, 3.63) is 131 Å². The Labute approximate surface area is 234 Å². The standard InChI is InChI=1S/C34H30N6/c1-4-24-17-19-25(20-18-24)31-30-23(3)38-40(27-13-6-5-7-14-27)33(30)37-34-32(35-26-12-10-11-22(2)21-26)36-28-15-8-9-16-29(28)39(31)34/h5-21,31H,4H2,1-3H3,(H,35,36). The quantitative estimate of drug-likeness (QED) is 0.261. The monoisotopic (exact) mass is 522 g/mol. The Hall–Kier alpha value is -4.97. The average Bonchev–Trinajstić information content (AvgIpc) is 3.32. The second-order valence-electron chi connectivity index (χ2n) is 10.3. The number of hydrogen-bond acceptors (Lipinski definition) is 5. The molecule has 1 N–H and O–H groups in total. The number of fused-ring (bicyclic) bond motifs is 4. The molecule has 1 unspecified atom stereocenters. The first kappa shape index (κ1) is 24.1. The topological polar surface area (TPSA) is 57.8 Å². The number of rotatable bonds is 4. The Morgan fingerprint density at radius 1 is 0.800 bits per heavy atom. The van der Waals surface area contributed by atoms with Crippen molar-refractivity contribution in [3.8, 4) is 5.69 Å². The highest BCUT2D eigenvalue weighted by Gasteiger charge is 2.41. The van der Waals surface area contributed by atoms with Gasteiger partial charge in [0.25, 0.3) is 0 Å². The zero-order valence-electron chi connectivity index (χ0n) is 22.8. The van der Waals surface area contributed by atoms with Gasteiger partial charge < -0.3 is 10.2 Å². The zero-order chi connectivity index (χ0) is 27.2. The molecule has 4 aromatic carbocycles. The Balaban J connectivity index is 1.49. The van der Waals surface area contributed by atoms with Gasteiger partial charge in [0, 0.05) is 11.3 Å². The van der Waals surface area contributed by atoms with Gasteiger partial charge in [0.1, 0.15) is 0 Å². The maximum atomic E-state index is 5.32. The molecular formula is C34H30N6. The summed E-state index contributed by atoms with van der Waals surface area (Å²) in [5.41, 5.74) is 9.62. The first-order chi connectivity index (χ1) is 19.6. The molecule has 0 bridgehead atoms. The number of aliphatic imine (C=N–C) groups is 2. The summed E-state index contributed by atoms with van der Waals surface area (Å²) in [6, 6.07) is 35.7. The van der Waals surface area contributed by atoms with Gasteiger partial charge in [0.15, 0.2) is 17.5 Å². The van der Waals surface area contributed by atoms with E-state index in [1.54, 1.807) is 0 Å². The summed E-state index contributed by atoms with van der Waals surface area (Å²) in [6.45, 7) is 6.37. The first-order valence-electron chi connectivity index (χ1n) is 13.7. The molecule has 2 aliphatic rings. The Morgan fingerprint density at radius 3 is 2.35 bits per heavy atom. The van der Waals surface area contributed by atoms with Gasteiger partial charge in [-0.2, -0.15) is 5.10 Å². The van der Waals surface area contributed by atoms with Crippen LogP contribution in [0.2, 0.25) is 0 Å². The fraction of sp³-hybridized carbons (Fsp3) is 0.147. The molecule has 7 rings (SSSR count). The van der Waals surface area contributed by atoms with Crippen LogP contribution >= 0.6 is 0 Å². The van der Waals surface area contributed by atoms with Gasteiger partial charge in [-0.05, 0) is 73.4 Å². The van der Waals surface area contributed by atoms with E-state index in [9.17, 15) is 0 Å². The molecule has 0 aliphatic carbocycles. The van der Waals surface area contributed by atoms with Crippen LogP contribution in [0.25, 0.3) is 5.69 Å². The zero-order valence-corrected chi connectivity index (χ0v) is 22.8. The predicted octanol–water partition coefficient (Wildman–Crippen LogP) is 7.85. The van der Waals surface area contributed by atoms with Gasteiger partial charge in [-0.3, -0.25) is 0 Å². The van der Waals surface area contributed by atoms with Crippen LogP contribution in [-0.4, -0.2) is 21.5 Å². The summed E-state index contributed by atoms with van der Waals surface area (Å²) < 4.78 is 1.97. The van der Waals surface area contributed by atoms with Crippen molar-refractivity contribution in [1.82, 2.24) is 9.78 Å². The van der Waals surface area contributed by atoms with Crippen molar-refractivity contribution in [2.24, 2.45) is 9.98 Å². The van der Waals surface area contributed by atoms with Gasteiger partial charge in [-0.15, -0.1) is 0 Å². The van der Waals surface area contributed by atoms with Crippen molar-refractivity contribution in [1.29, 1.82) is 0 Å². The molecule has 0 saturated carbocycles. The number of nitrogens with one attached hydrogen (secondary N) is 1. The molecule has 6 nitrogen and oxygen atoms in total. The van der Waals surface area contributed by atoms with Gasteiger partial charge in [-0.25, -0.2) is 14.7 Å². The van der Waals surface area contributed by atoms with E-state index in [2.05, 4.69) is 110 Å². The third kappa shape index (κ3) is 4.00. The summed E-state index contributed by atoms with van der Waals surface area (Å²) in [4.78, 5) is 12.7. The molecule has 0 amide bonds. The number of nitrogens with zero attached hydrogens (tertiary/aromatic N) is 5. The van der Waals surface area contributed by atoms with Crippen molar-refractivity contribution >= 4 is 34.6 Å². The van der Waals surface area contributed by atoms with E-state index >= 15 is 0 Å². The maximum Gasteiger partial charge on any atom is 0.179 e. The third-order valence-electron chi connectivity index (χ3n) is 7.62.